The first-order chi connectivity index (χ1) is 11.6. The van der Waals surface area contributed by atoms with Crippen LogP contribution in [-0.4, -0.2) is 10.2 Å². The molecule has 0 saturated carbocycles. The van der Waals surface area contributed by atoms with E-state index < -0.39 is 5.92 Å². The fourth-order valence-electron chi connectivity index (χ4n) is 2.90. The van der Waals surface area contributed by atoms with Crippen LogP contribution in [0.15, 0.2) is 29.7 Å². The van der Waals surface area contributed by atoms with Gasteiger partial charge >= 0.3 is 0 Å². The second kappa shape index (κ2) is 6.76. The smallest absolute Gasteiger partial charge is 0.244 e. The number of allylic oxidation sites excluding steroid dienone is 1. The summed E-state index contributed by atoms with van der Waals surface area (Å²) in [6.45, 7) is 2.12. The minimum absolute atomic E-state index is 0.0505. The zero-order valence-electron chi connectivity index (χ0n) is 13.1. The third-order valence-electron chi connectivity index (χ3n) is 4.07. The summed E-state index contributed by atoms with van der Waals surface area (Å²) in [6, 6.07) is 7.37. The SMILES string of the molecule is CCCCc1[nH]nc2c1C(c1ccc(Cl)cc1Cl)C(C#N)=C(N)O2. The van der Waals surface area contributed by atoms with Crippen LogP contribution < -0.4 is 10.5 Å². The number of nitrogens with zero attached hydrogens (tertiary/aromatic N) is 2. The zero-order chi connectivity index (χ0) is 17.3. The van der Waals surface area contributed by atoms with Crippen molar-refractivity contribution < 1.29 is 4.74 Å². The monoisotopic (exact) mass is 362 g/mol. The molecule has 0 aliphatic carbocycles. The number of H-pyrrole nitrogens is 1. The Balaban J connectivity index is 2.19. The topological polar surface area (TPSA) is 87.7 Å². The van der Waals surface area contributed by atoms with E-state index in [4.69, 9.17) is 33.7 Å². The van der Waals surface area contributed by atoms with Crippen molar-refractivity contribution in [3.63, 3.8) is 0 Å². The van der Waals surface area contributed by atoms with Crippen LogP contribution in [0, 0.1) is 11.3 Å². The first kappa shape index (κ1) is 16.7. The minimum atomic E-state index is -0.422. The van der Waals surface area contributed by atoms with Crippen LogP contribution in [0.1, 0.15) is 42.5 Å². The van der Waals surface area contributed by atoms with Crippen LogP contribution >= 0.6 is 23.2 Å². The van der Waals surface area contributed by atoms with Crippen molar-refractivity contribution in [2.45, 2.75) is 32.1 Å². The number of rotatable bonds is 4. The lowest BCUT2D eigenvalue weighted by Crippen LogP contribution is -2.21. The van der Waals surface area contributed by atoms with E-state index in [1.54, 1.807) is 12.1 Å². The molecule has 7 heteroatoms. The number of hydrogen-bond acceptors (Lipinski definition) is 4. The summed E-state index contributed by atoms with van der Waals surface area (Å²) in [5.41, 5.74) is 8.76. The highest BCUT2D eigenvalue weighted by atomic mass is 35.5. The van der Waals surface area contributed by atoms with Gasteiger partial charge in [-0.15, -0.1) is 5.10 Å². The number of benzene rings is 1. The molecule has 3 N–H and O–H groups in total. The molecule has 124 valence electrons. The molecule has 0 amide bonds. The molecule has 0 fully saturated rings. The van der Waals surface area contributed by atoms with E-state index in [0.717, 1.165) is 36.1 Å². The molecule has 5 nitrogen and oxygen atoms in total. The van der Waals surface area contributed by atoms with Crippen molar-refractivity contribution in [3.8, 4) is 11.9 Å². The number of aromatic nitrogens is 2. The van der Waals surface area contributed by atoms with E-state index in [0.29, 0.717) is 21.5 Å². The van der Waals surface area contributed by atoms with Gasteiger partial charge in [-0.3, -0.25) is 5.10 Å². The summed E-state index contributed by atoms with van der Waals surface area (Å²) >= 11 is 12.4. The van der Waals surface area contributed by atoms with Crippen molar-refractivity contribution in [1.29, 1.82) is 5.26 Å². The van der Waals surface area contributed by atoms with Gasteiger partial charge in [0.05, 0.1) is 11.5 Å². The molecule has 1 aromatic heterocycles. The Labute approximate surface area is 150 Å². The van der Waals surface area contributed by atoms with Gasteiger partial charge in [-0.1, -0.05) is 42.6 Å². The molecule has 0 radical (unpaired) electrons. The van der Waals surface area contributed by atoms with E-state index in [-0.39, 0.29) is 5.88 Å². The summed E-state index contributed by atoms with van der Waals surface area (Å²) in [7, 11) is 0. The lowest BCUT2D eigenvalue weighted by Gasteiger charge is -2.24. The maximum absolute atomic E-state index is 9.60. The zero-order valence-corrected chi connectivity index (χ0v) is 14.6. The van der Waals surface area contributed by atoms with E-state index in [9.17, 15) is 5.26 Å². The Hall–Kier alpha value is -2.16. The minimum Gasteiger partial charge on any atom is -0.420 e. The number of fused-ring (bicyclic) bond motifs is 1. The van der Waals surface area contributed by atoms with Crippen molar-refractivity contribution in [2.24, 2.45) is 5.73 Å². The number of ether oxygens (including phenoxy) is 1. The number of aryl methyl sites for hydroxylation is 1. The van der Waals surface area contributed by atoms with E-state index in [1.165, 1.54) is 0 Å². The molecule has 24 heavy (non-hydrogen) atoms. The average Bonchev–Trinajstić information content (AvgIpc) is 2.94. The van der Waals surface area contributed by atoms with Gasteiger partial charge in [0, 0.05) is 15.7 Å². The van der Waals surface area contributed by atoms with Crippen LogP contribution in [0.5, 0.6) is 5.88 Å². The Bertz CT molecular complexity index is 851. The Morgan fingerprint density at radius 3 is 2.88 bits per heavy atom. The summed E-state index contributed by atoms with van der Waals surface area (Å²) in [5, 5.41) is 17.8. The van der Waals surface area contributed by atoms with Gasteiger partial charge in [0.2, 0.25) is 11.8 Å². The highest BCUT2D eigenvalue weighted by Gasteiger charge is 2.35. The maximum Gasteiger partial charge on any atom is 0.244 e. The molecule has 0 spiro atoms. The van der Waals surface area contributed by atoms with Gasteiger partial charge in [0.25, 0.3) is 0 Å². The highest BCUT2D eigenvalue weighted by Crippen LogP contribution is 2.45. The number of nitrogens with two attached hydrogens (primary N) is 1. The van der Waals surface area contributed by atoms with Crippen LogP contribution in [0.3, 0.4) is 0 Å². The lowest BCUT2D eigenvalue weighted by atomic mass is 9.83. The summed E-state index contributed by atoms with van der Waals surface area (Å²) in [6.07, 6.45) is 2.85. The highest BCUT2D eigenvalue weighted by molar-refractivity contribution is 6.35. The molecule has 1 aromatic carbocycles. The molecule has 2 heterocycles. The number of unbranched alkanes of at least 4 members (excludes halogenated alkanes) is 1. The fourth-order valence-corrected chi connectivity index (χ4v) is 3.42. The van der Waals surface area contributed by atoms with Crippen LogP contribution in [-0.2, 0) is 6.42 Å². The van der Waals surface area contributed by atoms with Crippen LogP contribution in [0.2, 0.25) is 10.0 Å². The van der Waals surface area contributed by atoms with Crippen molar-refractivity contribution in [3.05, 3.63) is 56.5 Å². The van der Waals surface area contributed by atoms with E-state index >= 15 is 0 Å². The number of nitriles is 1. The van der Waals surface area contributed by atoms with E-state index in [2.05, 4.69) is 23.2 Å². The van der Waals surface area contributed by atoms with Crippen LogP contribution in [0.4, 0.5) is 0 Å². The average molecular weight is 363 g/mol. The quantitative estimate of drug-likeness (QED) is 0.849. The second-order valence-corrected chi connectivity index (χ2v) is 6.46. The lowest BCUT2D eigenvalue weighted by molar-refractivity contribution is 0.378. The number of halogens is 2. The fraction of sp³-hybridized carbons (Fsp3) is 0.294. The van der Waals surface area contributed by atoms with Gasteiger partial charge in [0.15, 0.2) is 0 Å². The molecular weight excluding hydrogens is 347 g/mol. The first-order valence-electron chi connectivity index (χ1n) is 7.66. The third-order valence-corrected chi connectivity index (χ3v) is 4.63. The predicted molar refractivity (Wildman–Crippen MR) is 93.0 cm³/mol. The predicted octanol–water partition coefficient (Wildman–Crippen LogP) is 4.28. The number of hydrogen-bond donors (Lipinski definition) is 2. The maximum atomic E-state index is 9.60. The van der Waals surface area contributed by atoms with Gasteiger partial charge in [-0.05, 0) is 30.5 Å². The molecule has 1 unspecified atom stereocenters. The van der Waals surface area contributed by atoms with Gasteiger partial charge in [0.1, 0.15) is 11.6 Å². The summed E-state index contributed by atoms with van der Waals surface area (Å²) in [5.74, 6) is 0.0253. The van der Waals surface area contributed by atoms with Crippen molar-refractivity contribution >= 4 is 23.2 Å². The van der Waals surface area contributed by atoms with Gasteiger partial charge < -0.3 is 10.5 Å². The normalized spacial score (nSPS) is 16.5. The summed E-state index contributed by atoms with van der Waals surface area (Å²) < 4.78 is 5.53. The first-order valence-corrected chi connectivity index (χ1v) is 8.42. The van der Waals surface area contributed by atoms with Gasteiger partial charge in [-0.25, -0.2) is 0 Å². The number of aromatic amines is 1. The molecule has 3 rings (SSSR count). The van der Waals surface area contributed by atoms with Crippen molar-refractivity contribution in [1.82, 2.24) is 10.2 Å². The molecule has 2 aromatic rings. The molecule has 0 bridgehead atoms. The number of nitrogens with one attached hydrogen (secondary N) is 1. The Morgan fingerprint density at radius 2 is 2.21 bits per heavy atom. The second-order valence-electron chi connectivity index (χ2n) is 5.62. The largest absolute Gasteiger partial charge is 0.420 e. The third kappa shape index (κ3) is 2.83. The van der Waals surface area contributed by atoms with Crippen LogP contribution in [0.25, 0.3) is 0 Å². The molecule has 1 aliphatic rings. The van der Waals surface area contributed by atoms with Crippen molar-refractivity contribution in [2.75, 3.05) is 0 Å². The van der Waals surface area contributed by atoms with Gasteiger partial charge in [-0.2, -0.15) is 5.26 Å². The molecule has 1 aliphatic heterocycles. The standard InChI is InChI=1S/C17H16Cl2N4O/c1-2-3-4-13-15-14(10-6-5-9(18)7-12(10)19)11(8-20)16(21)24-17(15)23-22-13/h5-7,14H,2-4,21H2,1H3,(H,22,23). The molecular formula is C17H16Cl2N4O. The molecule has 1 atom stereocenters. The summed E-state index contributed by atoms with van der Waals surface area (Å²) in [4.78, 5) is 0. The Morgan fingerprint density at radius 1 is 1.42 bits per heavy atom. The Kier molecular flexibility index (Phi) is 4.70. The molecule has 0 saturated heterocycles. The van der Waals surface area contributed by atoms with E-state index in [1.807, 2.05) is 6.07 Å².